The molecule has 0 rings (SSSR count). The number of aliphatic hydroxyl groups is 2. The van der Waals surface area contributed by atoms with Gasteiger partial charge in [0.15, 0.2) is 0 Å². The molecule has 11 heavy (non-hydrogen) atoms. The summed E-state index contributed by atoms with van der Waals surface area (Å²) in [6.45, 7) is 6.79. The van der Waals surface area contributed by atoms with Crippen molar-refractivity contribution < 1.29 is 10.2 Å². The van der Waals surface area contributed by atoms with E-state index in [0.717, 1.165) is 0 Å². The van der Waals surface area contributed by atoms with Gasteiger partial charge in [0.2, 0.25) is 0 Å². The number of hydrogen-bond donors (Lipinski definition) is 3. The van der Waals surface area contributed by atoms with Crippen LogP contribution in [-0.4, -0.2) is 22.9 Å². The van der Waals surface area contributed by atoms with Crippen LogP contribution in [0.3, 0.4) is 0 Å². The normalized spacial score (nSPS) is 14.2. The zero-order valence-corrected chi connectivity index (χ0v) is 6.33. The fourth-order valence-corrected chi connectivity index (χ4v) is 0.620. The Morgan fingerprint density at radius 2 is 2.18 bits per heavy atom. The van der Waals surface area contributed by atoms with E-state index in [1.165, 1.54) is 12.2 Å². The van der Waals surface area contributed by atoms with Crippen molar-refractivity contribution >= 4 is 0 Å². The molecular formula is C8H13NO2. The highest BCUT2D eigenvalue weighted by Crippen LogP contribution is 2.04. The summed E-state index contributed by atoms with van der Waals surface area (Å²) in [6, 6.07) is 0. The van der Waals surface area contributed by atoms with Crippen LogP contribution in [0.15, 0.2) is 36.6 Å². The number of rotatable bonds is 4. The van der Waals surface area contributed by atoms with Crippen LogP contribution in [-0.2, 0) is 0 Å². The molecule has 0 aromatic heterocycles. The minimum absolute atomic E-state index is 0.102. The van der Waals surface area contributed by atoms with Crippen molar-refractivity contribution in [2.24, 2.45) is 5.73 Å². The summed E-state index contributed by atoms with van der Waals surface area (Å²) in [7, 11) is 0. The fraction of sp³-hybridized carbons (Fsp3) is 0.250. The minimum Gasteiger partial charge on any atom is -0.509 e. The molecule has 0 fully saturated rings. The molecule has 3 heteroatoms. The number of hydrogen-bond acceptors (Lipinski definition) is 3. The van der Waals surface area contributed by atoms with Gasteiger partial charge in [0.05, 0.1) is 6.10 Å². The van der Waals surface area contributed by atoms with Crippen LogP contribution in [0, 0.1) is 0 Å². The third kappa shape index (κ3) is 3.60. The van der Waals surface area contributed by atoms with Gasteiger partial charge in [-0.1, -0.05) is 19.2 Å². The Labute approximate surface area is 66.2 Å². The van der Waals surface area contributed by atoms with E-state index in [9.17, 15) is 0 Å². The number of allylic oxidation sites excluding steroid dienone is 1. The average molecular weight is 155 g/mol. The molecule has 0 aliphatic carbocycles. The molecule has 62 valence electrons. The molecule has 1 unspecified atom stereocenters. The maximum atomic E-state index is 9.15. The molecule has 4 N–H and O–H groups in total. The lowest BCUT2D eigenvalue weighted by Gasteiger charge is -2.07. The first-order chi connectivity index (χ1) is 5.11. The van der Waals surface area contributed by atoms with Crippen molar-refractivity contribution in [3.63, 3.8) is 0 Å². The van der Waals surface area contributed by atoms with Gasteiger partial charge in [0.1, 0.15) is 5.76 Å². The van der Waals surface area contributed by atoms with Crippen LogP contribution in [0.4, 0.5) is 0 Å². The molecule has 0 aromatic rings. The van der Waals surface area contributed by atoms with Gasteiger partial charge < -0.3 is 15.9 Å². The van der Waals surface area contributed by atoms with Crippen LogP contribution in [0.2, 0.25) is 0 Å². The average Bonchev–Trinajstić information content (AvgIpc) is 1.98. The third-order valence-electron chi connectivity index (χ3n) is 1.18. The van der Waals surface area contributed by atoms with Crippen LogP contribution in [0.1, 0.15) is 0 Å². The van der Waals surface area contributed by atoms with Gasteiger partial charge in [-0.3, -0.25) is 0 Å². The van der Waals surface area contributed by atoms with E-state index in [4.69, 9.17) is 15.9 Å². The Morgan fingerprint density at radius 3 is 2.45 bits per heavy atom. The lowest BCUT2D eigenvalue weighted by molar-refractivity contribution is 0.222. The van der Waals surface area contributed by atoms with Gasteiger partial charge in [-0.15, -0.1) is 0 Å². The zero-order valence-electron chi connectivity index (χ0n) is 6.33. The van der Waals surface area contributed by atoms with Gasteiger partial charge in [-0.05, 0) is 11.6 Å². The highest BCUT2D eigenvalue weighted by Gasteiger charge is 2.04. The smallest absolute Gasteiger partial charge is 0.108 e. The monoisotopic (exact) mass is 155 g/mol. The number of nitrogens with two attached hydrogens (primary N) is 1. The Balaban J connectivity index is 4.38. The molecule has 1 atom stereocenters. The molecule has 0 radical (unpaired) electrons. The van der Waals surface area contributed by atoms with Crippen molar-refractivity contribution in [1.82, 2.24) is 0 Å². The van der Waals surface area contributed by atoms with Crippen LogP contribution < -0.4 is 5.73 Å². The molecule has 0 saturated heterocycles. The lowest BCUT2D eigenvalue weighted by Crippen LogP contribution is -2.21. The molecule has 0 aliphatic heterocycles. The highest BCUT2D eigenvalue weighted by molar-refractivity contribution is 5.27. The first kappa shape index (κ1) is 9.94. The van der Waals surface area contributed by atoms with E-state index in [1.807, 2.05) is 0 Å². The maximum absolute atomic E-state index is 9.15. The Morgan fingerprint density at radius 1 is 1.64 bits per heavy atom. The topological polar surface area (TPSA) is 66.5 Å². The van der Waals surface area contributed by atoms with E-state index in [1.54, 1.807) is 0 Å². The van der Waals surface area contributed by atoms with Gasteiger partial charge in [-0.2, -0.15) is 0 Å². The Bertz CT molecular complexity index is 185. The van der Waals surface area contributed by atoms with E-state index in [2.05, 4.69) is 13.2 Å². The van der Waals surface area contributed by atoms with Gasteiger partial charge >= 0.3 is 0 Å². The van der Waals surface area contributed by atoms with Crippen LogP contribution in [0.25, 0.3) is 0 Å². The molecule has 0 aromatic carbocycles. The fourth-order valence-electron chi connectivity index (χ4n) is 0.620. The first-order valence-corrected chi connectivity index (χ1v) is 3.21. The molecule has 3 nitrogen and oxygen atoms in total. The Hall–Kier alpha value is -1.06. The van der Waals surface area contributed by atoms with E-state index >= 15 is 0 Å². The predicted octanol–water partition coefficient (Wildman–Crippen LogP) is 0.490. The van der Waals surface area contributed by atoms with E-state index in [0.29, 0.717) is 5.57 Å². The van der Waals surface area contributed by atoms with Crippen molar-refractivity contribution in [2.45, 2.75) is 6.10 Å². The zero-order chi connectivity index (χ0) is 8.85. The largest absolute Gasteiger partial charge is 0.509 e. The molecule has 0 aliphatic rings. The molecule has 0 heterocycles. The summed E-state index contributed by atoms with van der Waals surface area (Å²) < 4.78 is 0. The summed E-state index contributed by atoms with van der Waals surface area (Å²) in [5.74, 6) is -0.118. The molecular weight excluding hydrogens is 142 g/mol. The lowest BCUT2D eigenvalue weighted by atomic mass is 10.1. The second-order valence-corrected chi connectivity index (χ2v) is 2.09. The van der Waals surface area contributed by atoms with Crippen molar-refractivity contribution in [2.75, 3.05) is 6.54 Å². The second kappa shape index (κ2) is 4.71. The molecule has 0 saturated carbocycles. The SMILES string of the molecule is C=C/C(=C\C(=C)O)C(O)CN. The number of aliphatic hydroxyl groups excluding tert-OH is 2. The van der Waals surface area contributed by atoms with E-state index < -0.39 is 6.10 Å². The maximum Gasteiger partial charge on any atom is 0.108 e. The van der Waals surface area contributed by atoms with E-state index in [-0.39, 0.29) is 12.3 Å². The standard InChI is InChI=1S/C8H13NO2/c1-3-7(4-6(2)10)8(11)5-9/h3-4,8,10-11H,1-2,5,9H2/b7-4+. The van der Waals surface area contributed by atoms with Crippen LogP contribution in [0.5, 0.6) is 0 Å². The summed E-state index contributed by atoms with van der Waals surface area (Å²) in [5.41, 5.74) is 5.65. The summed E-state index contributed by atoms with van der Waals surface area (Å²) in [4.78, 5) is 0. The van der Waals surface area contributed by atoms with Crippen molar-refractivity contribution in [3.8, 4) is 0 Å². The minimum atomic E-state index is -0.781. The summed E-state index contributed by atoms with van der Waals surface area (Å²) in [6.07, 6.45) is 1.97. The summed E-state index contributed by atoms with van der Waals surface area (Å²) >= 11 is 0. The first-order valence-electron chi connectivity index (χ1n) is 3.21. The molecule has 0 bridgehead atoms. The highest BCUT2D eigenvalue weighted by atomic mass is 16.3. The quantitative estimate of drug-likeness (QED) is 0.409. The second-order valence-electron chi connectivity index (χ2n) is 2.09. The van der Waals surface area contributed by atoms with Crippen molar-refractivity contribution in [1.29, 1.82) is 0 Å². The van der Waals surface area contributed by atoms with Crippen molar-refractivity contribution in [3.05, 3.63) is 36.6 Å². The van der Waals surface area contributed by atoms with Gasteiger partial charge in [0, 0.05) is 6.54 Å². The van der Waals surface area contributed by atoms with Gasteiger partial charge in [-0.25, -0.2) is 0 Å². The molecule has 0 amide bonds. The summed E-state index contributed by atoms with van der Waals surface area (Å²) in [5, 5.41) is 17.9. The Kier molecular flexibility index (Phi) is 4.26. The van der Waals surface area contributed by atoms with Gasteiger partial charge in [0.25, 0.3) is 0 Å². The third-order valence-corrected chi connectivity index (χ3v) is 1.18. The van der Waals surface area contributed by atoms with Crippen LogP contribution >= 0.6 is 0 Å². The predicted molar refractivity (Wildman–Crippen MR) is 45.1 cm³/mol. The molecule has 0 spiro atoms.